The van der Waals surface area contributed by atoms with Crippen molar-refractivity contribution < 1.29 is 4.79 Å². The normalized spacial score (nSPS) is 18.6. The van der Waals surface area contributed by atoms with Gasteiger partial charge in [-0.05, 0) is 84.3 Å². The number of hydrogen-bond acceptors (Lipinski definition) is 1. The van der Waals surface area contributed by atoms with Crippen LogP contribution in [0.3, 0.4) is 0 Å². The lowest BCUT2D eigenvalue weighted by Crippen LogP contribution is -2.37. The Bertz CT molecular complexity index is 1160. The number of carbonyl (C=O) groups excluding carboxylic acids is 1. The summed E-state index contributed by atoms with van der Waals surface area (Å²) in [6, 6.07) is 20.3. The molecule has 3 aromatic rings. The van der Waals surface area contributed by atoms with Crippen molar-refractivity contribution >= 4 is 28.9 Å². The predicted molar refractivity (Wildman–Crippen MR) is 126 cm³/mol. The third-order valence-electron chi connectivity index (χ3n) is 6.24. The molecule has 0 aliphatic carbocycles. The van der Waals surface area contributed by atoms with Crippen LogP contribution in [-0.4, -0.2) is 5.91 Å². The molecule has 0 N–H and O–H groups in total. The highest BCUT2D eigenvalue weighted by atomic mass is 35.5. The molecule has 4 rings (SSSR count). The second-order valence-corrected chi connectivity index (χ2v) is 9.98. The summed E-state index contributed by atoms with van der Waals surface area (Å²) in [6.45, 7) is 12.8. The monoisotopic (exact) mass is 417 g/mol. The van der Waals surface area contributed by atoms with Crippen LogP contribution in [0.5, 0.6) is 0 Å². The molecule has 1 atom stereocenters. The zero-order valence-corrected chi connectivity index (χ0v) is 19.3. The van der Waals surface area contributed by atoms with Crippen molar-refractivity contribution in [1.29, 1.82) is 0 Å². The standard InChI is InChI=1S/C27H28ClNO/c1-17-8-7-9-21(14-17)29-24-13-11-20(28)16-23(24)27(6,25(29)30)19-10-12-22(18(2)15-19)26(3,4)5/h7-16H,1-6H3. The third-order valence-corrected chi connectivity index (χ3v) is 6.48. The highest BCUT2D eigenvalue weighted by molar-refractivity contribution is 6.31. The van der Waals surface area contributed by atoms with E-state index in [1.807, 2.05) is 55.1 Å². The first kappa shape index (κ1) is 20.7. The maximum absolute atomic E-state index is 14.0. The molecule has 0 saturated heterocycles. The predicted octanol–water partition coefficient (Wildman–Crippen LogP) is 7.24. The van der Waals surface area contributed by atoms with Crippen molar-refractivity contribution in [2.45, 2.75) is 52.4 Å². The van der Waals surface area contributed by atoms with Gasteiger partial charge in [0.1, 0.15) is 0 Å². The second-order valence-electron chi connectivity index (χ2n) is 9.55. The van der Waals surface area contributed by atoms with Crippen molar-refractivity contribution in [1.82, 2.24) is 0 Å². The lowest BCUT2D eigenvalue weighted by molar-refractivity contribution is -0.120. The fourth-order valence-corrected chi connectivity index (χ4v) is 4.84. The minimum absolute atomic E-state index is 0.0493. The van der Waals surface area contributed by atoms with Crippen molar-refractivity contribution in [2.24, 2.45) is 0 Å². The van der Waals surface area contributed by atoms with Gasteiger partial charge >= 0.3 is 0 Å². The Morgan fingerprint density at radius 2 is 1.67 bits per heavy atom. The van der Waals surface area contributed by atoms with E-state index in [-0.39, 0.29) is 11.3 Å². The van der Waals surface area contributed by atoms with E-state index in [9.17, 15) is 4.79 Å². The Kier molecular flexibility index (Phi) is 4.82. The van der Waals surface area contributed by atoms with Crippen molar-refractivity contribution in [2.75, 3.05) is 4.90 Å². The van der Waals surface area contributed by atoms with E-state index in [1.165, 1.54) is 11.1 Å². The Balaban J connectivity index is 1.93. The average molecular weight is 418 g/mol. The molecule has 154 valence electrons. The van der Waals surface area contributed by atoms with Gasteiger partial charge in [0, 0.05) is 10.7 Å². The van der Waals surface area contributed by atoms with Crippen LogP contribution >= 0.6 is 11.6 Å². The molecule has 1 aliphatic heterocycles. The number of rotatable bonds is 2. The van der Waals surface area contributed by atoms with Crippen molar-refractivity contribution in [3.05, 3.63) is 93.5 Å². The smallest absolute Gasteiger partial charge is 0.246 e. The maximum Gasteiger partial charge on any atom is 0.246 e. The van der Waals surface area contributed by atoms with Crippen molar-refractivity contribution in [3.63, 3.8) is 0 Å². The summed E-state index contributed by atoms with van der Waals surface area (Å²) in [7, 11) is 0. The third kappa shape index (κ3) is 3.15. The summed E-state index contributed by atoms with van der Waals surface area (Å²) in [6.07, 6.45) is 0. The fourth-order valence-electron chi connectivity index (χ4n) is 4.67. The van der Waals surface area contributed by atoms with E-state index in [0.717, 1.165) is 28.1 Å². The lowest BCUT2D eigenvalue weighted by atomic mass is 9.74. The van der Waals surface area contributed by atoms with Gasteiger partial charge < -0.3 is 0 Å². The Labute approximate surface area is 184 Å². The van der Waals surface area contributed by atoms with Crippen LogP contribution in [0.1, 0.15) is 55.5 Å². The van der Waals surface area contributed by atoms with E-state index in [0.29, 0.717) is 5.02 Å². The molecule has 0 bridgehead atoms. The lowest BCUT2D eigenvalue weighted by Gasteiger charge is -2.28. The molecule has 3 aromatic carbocycles. The maximum atomic E-state index is 14.0. The summed E-state index contributed by atoms with van der Waals surface area (Å²) in [5.41, 5.74) is 6.60. The number of hydrogen-bond donors (Lipinski definition) is 0. The average Bonchev–Trinajstić information content (AvgIpc) is 2.89. The van der Waals surface area contributed by atoms with Crippen LogP contribution in [-0.2, 0) is 15.6 Å². The molecular formula is C27H28ClNO. The molecule has 3 heteroatoms. The van der Waals surface area contributed by atoms with E-state index in [1.54, 1.807) is 0 Å². The number of benzene rings is 3. The number of amides is 1. The fraction of sp³-hybridized carbons (Fsp3) is 0.296. The van der Waals surface area contributed by atoms with Crippen LogP contribution in [0.2, 0.25) is 5.02 Å². The summed E-state index contributed by atoms with van der Waals surface area (Å²) in [5.74, 6) is 0.0493. The molecule has 0 saturated carbocycles. The molecule has 1 unspecified atom stereocenters. The van der Waals surface area contributed by atoms with Crippen LogP contribution in [0.25, 0.3) is 0 Å². The first-order chi connectivity index (χ1) is 14.0. The first-order valence-electron chi connectivity index (χ1n) is 10.4. The van der Waals surface area contributed by atoms with Crippen LogP contribution in [0.4, 0.5) is 11.4 Å². The highest BCUT2D eigenvalue weighted by Crippen LogP contribution is 2.50. The van der Waals surface area contributed by atoms with Gasteiger partial charge in [-0.2, -0.15) is 0 Å². The van der Waals surface area contributed by atoms with E-state index in [4.69, 9.17) is 11.6 Å². The molecule has 1 aliphatic rings. The van der Waals surface area contributed by atoms with Gasteiger partial charge in [0.05, 0.1) is 11.1 Å². The zero-order valence-electron chi connectivity index (χ0n) is 18.5. The highest BCUT2D eigenvalue weighted by Gasteiger charge is 2.49. The van der Waals surface area contributed by atoms with Gasteiger partial charge in [-0.3, -0.25) is 9.69 Å². The van der Waals surface area contributed by atoms with Gasteiger partial charge in [-0.1, -0.05) is 62.7 Å². The van der Waals surface area contributed by atoms with E-state index in [2.05, 4.69) is 52.0 Å². The largest absolute Gasteiger partial charge is 0.280 e. The minimum atomic E-state index is -0.800. The zero-order chi connectivity index (χ0) is 21.8. The van der Waals surface area contributed by atoms with Crippen LogP contribution in [0.15, 0.2) is 60.7 Å². The first-order valence-corrected chi connectivity index (χ1v) is 10.7. The Morgan fingerprint density at radius 1 is 0.933 bits per heavy atom. The number of fused-ring (bicyclic) bond motifs is 1. The van der Waals surface area contributed by atoms with Gasteiger partial charge in [-0.15, -0.1) is 0 Å². The minimum Gasteiger partial charge on any atom is -0.280 e. The van der Waals surface area contributed by atoms with E-state index >= 15 is 0 Å². The number of aryl methyl sites for hydroxylation is 2. The summed E-state index contributed by atoms with van der Waals surface area (Å²) in [4.78, 5) is 15.8. The summed E-state index contributed by atoms with van der Waals surface area (Å²) >= 11 is 6.39. The molecule has 0 fully saturated rings. The van der Waals surface area contributed by atoms with Crippen molar-refractivity contribution in [3.8, 4) is 0 Å². The van der Waals surface area contributed by atoms with E-state index < -0.39 is 5.41 Å². The number of halogens is 1. The molecule has 2 nitrogen and oxygen atoms in total. The topological polar surface area (TPSA) is 20.3 Å². The van der Waals surface area contributed by atoms with Crippen LogP contribution in [0, 0.1) is 13.8 Å². The number of carbonyl (C=O) groups is 1. The van der Waals surface area contributed by atoms with Gasteiger partial charge in [0.25, 0.3) is 0 Å². The molecular weight excluding hydrogens is 390 g/mol. The van der Waals surface area contributed by atoms with Crippen LogP contribution < -0.4 is 4.90 Å². The van der Waals surface area contributed by atoms with Gasteiger partial charge in [0.2, 0.25) is 5.91 Å². The number of nitrogens with zero attached hydrogens (tertiary/aromatic N) is 1. The Hall–Kier alpha value is -2.58. The molecule has 0 radical (unpaired) electrons. The molecule has 0 aromatic heterocycles. The van der Waals surface area contributed by atoms with Gasteiger partial charge in [0.15, 0.2) is 0 Å². The SMILES string of the molecule is Cc1cccc(N2C(=O)C(C)(c3ccc(C(C)(C)C)c(C)c3)c3cc(Cl)ccc32)c1. The second kappa shape index (κ2) is 6.99. The number of anilines is 2. The quantitative estimate of drug-likeness (QED) is 0.430. The molecule has 0 spiro atoms. The molecule has 1 amide bonds. The summed E-state index contributed by atoms with van der Waals surface area (Å²) in [5, 5.41) is 0.641. The summed E-state index contributed by atoms with van der Waals surface area (Å²) < 4.78 is 0. The Morgan fingerprint density at radius 3 is 2.30 bits per heavy atom. The molecule has 1 heterocycles. The molecule has 30 heavy (non-hydrogen) atoms. The van der Waals surface area contributed by atoms with Gasteiger partial charge in [-0.25, -0.2) is 0 Å².